The number of aryl methyl sites for hydroxylation is 1. The van der Waals surface area contributed by atoms with Crippen LogP contribution < -0.4 is 4.90 Å². The van der Waals surface area contributed by atoms with Crippen molar-refractivity contribution in [3.05, 3.63) is 23.4 Å². The summed E-state index contributed by atoms with van der Waals surface area (Å²) in [6.45, 7) is 6.55. The molecule has 0 radical (unpaired) electrons. The molecule has 1 fully saturated rings. The molecule has 0 unspecified atom stereocenters. The second kappa shape index (κ2) is 5.50. The van der Waals surface area contributed by atoms with Crippen molar-refractivity contribution in [1.29, 1.82) is 0 Å². The van der Waals surface area contributed by atoms with Crippen LogP contribution in [-0.2, 0) is 6.61 Å². The monoisotopic (exact) mass is 234 g/mol. The molecular weight excluding hydrogens is 212 g/mol. The first-order valence-corrected chi connectivity index (χ1v) is 6.57. The van der Waals surface area contributed by atoms with E-state index in [0.717, 1.165) is 36.1 Å². The summed E-state index contributed by atoms with van der Waals surface area (Å²) in [5, 5.41) is 9.13. The SMILES string of the molecule is CCC1CCN(c2ccc(CO)c(C)n2)CC1. The van der Waals surface area contributed by atoms with E-state index < -0.39 is 0 Å². The molecule has 0 aliphatic carbocycles. The van der Waals surface area contributed by atoms with E-state index in [4.69, 9.17) is 5.11 Å². The average Bonchev–Trinajstić information content (AvgIpc) is 2.39. The van der Waals surface area contributed by atoms with Crippen LogP contribution in [0.4, 0.5) is 5.82 Å². The van der Waals surface area contributed by atoms with Crippen molar-refractivity contribution in [2.75, 3.05) is 18.0 Å². The van der Waals surface area contributed by atoms with E-state index in [0.29, 0.717) is 0 Å². The summed E-state index contributed by atoms with van der Waals surface area (Å²) in [5.74, 6) is 1.96. The number of aliphatic hydroxyl groups excluding tert-OH is 1. The molecule has 2 heterocycles. The van der Waals surface area contributed by atoms with Gasteiger partial charge in [0, 0.05) is 18.8 Å². The molecule has 0 aromatic carbocycles. The van der Waals surface area contributed by atoms with Crippen molar-refractivity contribution in [2.24, 2.45) is 5.92 Å². The van der Waals surface area contributed by atoms with Crippen LogP contribution in [0.25, 0.3) is 0 Å². The molecule has 17 heavy (non-hydrogen) atoms. The normalized spacial score (nSPS) is 17.5. The van der Waals surface area contributed by atoms with E-state index >= 15 is 0 Å². The Labute approximate surface area is 103 Å². The Hall–Kier alpha value is -1.09. The number of rotatable bonds is 3. The van der Waals surface area contributed by atoms with Crippen LogP contribution in [0, 0.1) is 12.8 Å². The minimum absolute atomic E-state index is 0.0804. The standard InChI is InChI=1S/C14H22N2O/c1-3-12-6-8-16(9-7-12)14-5-4-13(10-17)11(2)15-14/h4-5,12,17H,3,6-10H2,1-2H3. The molecule has 1 aliphatic heterocycles. The maximum Gasteiger partial charge on any atom is 0.128 e. The Morgan fingerprint density at radius 3 is 2.59 bits per heavy atom. The number of pyridine rings is 1. The third-order valence-electron chi connectivity index (χ3n) is 3.87. The van der Waals surface area contributed by atoms with E-state index in [2.05, 4.69) is 16.8 Å². The van der Waals surface area contributed by atoms with Gasteiger partial charge >= 0.3 is 0 Å². The van der Waals surface area contributed by atoms with E-state index in [1.54, 1.807) is 0 Å². The topological polar surface area (TPSA) is 36.4 Å². The third-order valence-corrected chi connectivity index (χ3v) is 3.87. The van der Waals surface area contributed by atoms with Crippen LogP contribution >= 0.6 is 0 Å². The highest BCUT2D eigenvalue weighted by Gasteiger charge is 2.18. The van der Waals surface area contributed by atoms with Crippen LogP contribution in [-0.4, -0.2) is 23.2 Å². The zero-order valence-corrected chi connectivity index (χ0v) is 10.8. The molecule has 0 atom stereocenters. The predicted molar refractivity (Wildman–Crippen MR) is 70.1 cm³/mol. The molecule has 1 aromatic heterocycles. The van der Waals surface area contributed by atoms with Gasteiger partial charge in [0.2, 0.25) is 0 Å². The lowest BCUT2D eigenvalue weighted by molar-refractivity contribution is 0.280. The van der Waals surface area contributed by atoms with Crippen molar-refractivity contribution in [1.82, 2.24) is 4.98 Å². The number of piperidine rings is 1. The molecular formula is C14H22N2O. The van der Waals surface area contributed by atoms with Crippen LogP contribution in [0.15, 0.2) is 12.1 Å². The maximum absolute atomic E-state index is 9.13. The third kappa shape index (κ3) is 2.78. The minimum atomic E-state index is 0.0804. The first-order valence-electron chi connectivity index (χ1n) is 6.57. The molecule has 2 rings (SSSR count). The number of aliphatic hydroxyl groups is 1. The van der Waals surface area contributed by atoms with Gasteiger partial charge in [-0.15, -0.1) is 0 Å². The molecule has 3 heteroatoms. The number of anilines is 1. The second-order valence-electron chi connectivity index (χ2n) is 4.91. The quantitative estimate of drug-likeness (QED) is 0.873. The first-order chi connectivity index (χ1) is 8.24. The Balaban J connectivity index is 2.06. The summed E-state index contributed by atoms with van der Waals surface area (Å²) >= 11 is 0. The molecule has 1 saturated heterocycles. The van der Waals surface area contributed by atoms with E-state index in [9.17, 15) is 0 Å². The second-order valence-corrected chi connectivity index (χ2v) is 4.91. The van der Waals surface area contributed by atoms with Crippen LogP contribution in [0.5, 0.6) is 0 Å². The van der Waals surface area contributed by atoms with E-state index in [-0.39, 0.29) is 6.61 Å². The summed E-state index contributed by atoms with van der Waals surface area (Å²) < 4.78 is 0. The number of hydrogen-bond donors (Lipinski definition) is 1. The van der Waals surface area contributed by atoms with Gasteiger partial charge in [0.15, 0.2) is 0 Å². The molecule has 1 N–H and O–H groups in total. The predicted octanol–water partition coefficient (Wildman–Crippen LogP) is 2.51. The van der Waals surface area contributed by atoms with Gasteiger partial charge in [0.25, 0.3) is 0 Å². The largest absolute Gasteiger partial charge is 0.392 e. The molecule has 0 amide bonds. The molecule has 0 bridgehead atoms. The van der Waals surface area contributed by atoms with Gasteiger partial charge < -0.3 is 10.0 Å². The summed E-state index contributed by atoms with van der Waals surface area (Å²) in [5.41, 5.74) is 1.87. The smallest absolute Gasteiger partial charge is 0.128 e. The Morgan fingerprint density at radius 1 is 1.35 bits per heavy atom. The fourth-order valence-electron chi connectivity index (χ4n) is 2.49. The number of aromatic nitrogens is 1. The lowest BCUT2D eigenvalue weighted by Gasteiger charge is -2.32. The number of hydrogen-bond acceptors (Lipinski definition) is 3. The van der Waals surface area contributed by atoms with Gasteiger partial charge in [-0.25, -0.2) is 4.98 Å². The van der Waals surface area contributed by atoms with Crippen molar-refractivity contribution in [3.63, 3.8) is 0 Å². The van der Waals surface area contributed by atoms with Gasteiger partial charge in [-0.2, -0.15) is 0 Å². The minimum Gasteiger partial charge on any atom is -0.392 e. The van der Waals surface area contributed by atoms with Gasteiger partial charge in [-0.1, -0.05) is 19.4 Å². The molecule has 0 spiro atoms. The lowest BCUT2D eigenvalue weighted by atomic mass is 9.94. The fraction of sp³-hybridized carbons (Fsp3) is 0.643. The summed E-state index contributed by atoms with van der Waals surface area (Å²) in [6.07, 6.45) is 3.85. The summed E-state index contributed by atoms with van der Waals surface area (Å²) in [6, 6.07) is 4.02. The highest BCUT2D eigenvalue weighted by molar-refractivity contribution is 5.41. The highest BCUT2D eigenvalue weighted by atomic mass is 16.3. The molecule has 1 aromatic rings. The average molecular weight is 234 g/mol. The molecule has 1 aliphatic rings. The van der Waals surface area contributed by atoms with E-state index in [1.165, 1.54) is 19.3 Å². The van der Waals surface area contributed by atoms with Crippen molar-refractivity contribution in [3.8, 4) is 0 Å². The number of nitrogens with zero attached hydrogens (tertiary/aromatic N) is 2. The fourth-order valence-corrected chi connectivity index (χ4v) is 2.49. The van der Waals surface area contributed by atoms with E-state index in [1.807, 2.05) is 19.1 Å². The molecule has 0 saturated carbocycles. The van der Waals surface area contributed by atoms with Gasteiger partial charge in [0.1, 0.15) is 5.82 Å². The Morgan fingerprint density at radius 2 is 2.06 bits per heavy atom. The van der Waals surface area contributed by atoms with Crippen LogP contribution in [0.1, 0.15) is 37.4 Å². The molecule has 94 valence electrons. The Bertz CT molecular complexity index is 370. The van der Waals surface area contributed by atoms with Crippen LogP contribution in [0.2, 0.25) is 0 Å². The maximum atomic E-state index is 9.13. The van der Waals surface area contributed by atoms with Crippen LogP contribution in [0.3, 0.4) is 0 Å². The summed E-state index contributed by atoms with van der Waals surface area (Å²) in [7, 11) is 0. The zero-order valence-electron chi connectivity index (χ0n) is 10.8. The van der Waals surface area contributed by atoms with Crippen molar-refractivity contribution < 1.29 is 5.11 Å². The Kier molecular flexibility index (Phi) is 4.00. The highest BCUT2D eigenvalue weighted by Crippen LogP contribution is 2.24. The zero-order chi connectivity index (χ0) is 12.3. The van der Waals surface area contributed by atoms with Crippen molar-refractivity contribution in [2.45, 2.75) is 39.7 Å². The van der Waals surface area contributed by atoms with Gasteiger partial charge in [-0.05, 0) is 37.3 Å². The van der Waals surface area contributed by atoms with Gasteiger partial charge in [-0.3, -0.25) is 0 Å². The lowest BCUT2D eigenvalue weighted by Crippen LogP contribution is -2.34. The molecule has 3 nitrogen and oxygen atoms in total. The van der Waals surface area contributed by atoms with Crippen molar-refractivity contribution >= 4 is 5.82 Å². The first kappa shape index (κ1) is 12.4. The van der Waals surface area contributed by atoms with Gasteiger partial charge in [0.05, 0.1) is 6.61 Å². The summed E-state index contributed by atoms with van der Waals surface area (Å²) in [4.78, 5) is 6.95.